The average molecular weight is 260 g/mol. The molecule has 0 bridgehead atoms. The molecule has 1 aromatic rings. The minimum Gasteiger partial charge on any atom is -0.374 e. The zero-order valence-electron chi connectivity index (χ0n) is 8.54. The van der Waals surface area contributed by atoms with Crippen molar-refractivity contribution in [3.8, 4) is 0 Å². The van der Waals surface area contributed by atoms with Crippen molar-refractivity contribution in [1.82, 2.24) is 9.97 Å². The Morgan fingerprint density at radius 2 is 2.36 bits per heavy atom. The van der Waals surface area contributed by atoms with E-state index in [0.29, 0.717) is 5.82 Å². The van der Waals surface area contributed by atoms with Gasteiger partial charge in [0.25, 0.3) is 0 Å². The third-order valence-electron chi connectivity index (χ3n) is 1.82. The van der Waals surface area contributed by atoms with Gasteiger partial charge in [0.1, 0.15) is 11.9 Å². The Morgan fingerprint density at radius 3 is 2.93 bits per heavy atom. The van der Waals surface area contributed by atoms with Crippen LogP contribution >= 0.6 is 15.9 Å². The molecule has 0 amide bonds. The molecule has 1 unspecified atom stereocenters. The van der Waals surface area contributed by atoms with Crippen molar-refractivity contribution in [1.29, 1.82) is 0 Å². The second-order valence-corrected chi connectivity index (χ2v) is 3.69. The van der Waals surface area contributed by atoms with Gasteiger partial charge in [-0.1, -0.05) is 0 Å². The van der Waals surface area contributed by atoms with E-state index in [0.717, 1.165) is 16.8 Å². The fraction of sp³-hybridized carbons (Fsp3) is 0.556. The van der Waals surface area contributed by atoms with Gasteiger partial charge in [-0.05, 0) is 29.8 Å². The highest BCUT2D eigenvalue weighted by Gasteiger charge is 2.09. The van der Waals surface area contributed by atoms with Crippen molar-refractivity contribution < 1.29 is 4.74 Å². The molecule has 0 aliphatic carbocycles. The van der Waals surface area contributed by atoms with Crippen LogP contribution in [-0.2, 0) is 4.74 Å². The van der Waals surface area contributed by atoms with E-state index in [2.05, 4.69) is 31.2 Å². The highest BCUT2D eigenvalue weighted by Crippen LogP contribution is 2.21. The van der Waals surface area contributed by atoms with Gasteiger partial charge in [-0.2, -0.15) is 0 Å². The number of nitrogens with one attached hydrogen (secondary N) is 1. The largest absolute Gasteiger partial charge is 0.374 e. The predicted molar refractivity (Wildman–Crippen MR) is 59.3 cm³/mol. The standard InChI is InChI=1S/C9H14BrN3O/c1-4-11-9-7(10)5-12-8(13-9)6(2)14-3/h5-6H,4H2,1-3H3,(H,11,12,13). The number of rotatable bonds is 4. The summed E-state index contributed by atoms with van der Waals surface area (Å²) in [5.41, 5.74) is 0. The van der Waals surface area contributed by atoms with Crippen molar-refractivity contribution in [2.45, 2.75) is 20.0 Å². The first-order valence-electron chi connectivity index (χ1n) is 4.48. The Kier molecular flexibility index (Phi) is 4.28. The van der Waals surface area contributed by atoms with E-state index in [1.807, 2.05) is 13.8 Å². The molecule has 0 saturated carbocycles. The molecule has 0 saturated heterocycles. The van der Waals surface area contributed by atoms with Crippen LogP contribution in [0.4, 0.5) is 5.82 Å². The van der Waals surface area contributed by atoms with E-state index in [-0.39, 0.29) is 6.10 Å². The van der Waals surface area contributed by atoms with Crippen LogP contribution in [0.5, 0.6) is 0 Å². The monoisotopic (exact) mass is 259 g/mol. The van der Waals surface area contributed by atoms with Gasteiger partial charge in [0.05, 0.1) is 4.47 Å². The second kappa shape index (κ2) is 5.26. The Bertz CT molecular complexity index is 306. The summed E-state index contributed by atoms with van der Waals surface area (Å²) in [6, 6.07) is 0. The van der Waals surface area contributed by atoms with Crippen molar-refractivity contribution >= 4 is 21.7 Å². The van der Waals surface area contributed by atoms with Crippen LogP contribution in [0.2, 0.25) is 0 Å². The number of methoxy groups -OCH3 is 1. The number of ether oxygens (including phenoxy) is 1. The lowest BCUT2D eigenvalue weighted by Crippen LogP contribution is -2.07. The van der Waals surface area contributed by atoms with Gasteiger partial charge in [0.15, 0.2) is 5.82 Å². The predicted octanol–water partition coefficient (Wildman–Crippen LogP) is 2.38. The average Bonchev–Trinajstić information content (AvgIpc) is 2.20. The Balaban J connectivity index is 2.93. The molecule has 1 rings (SSSR count). The van der Waals surface area contributed by atoms with Crippen LogP contribution in [-0.4, -0.2) is 23.6 Å². The van der Waals surface area contributed by atoms with E-state index in [1.54, 1.807) is 13.3 Å². The van der Waals surface area contributed by atoms with Gasteiger partial charge in [-0.15, -0.1) is 0 Å². The first kappa shape index (κ1) is 11.4. The zero-order valence-corrected chi connectivity index (χ0v) is 10.1. The molecule has 4 nitrogen and oxygen atoms in total. The third kappa shape index (κ3) is 2.65. The zero-order chi connectivity index (χ0) is 10.6. The number of nitrogens with zero attached hydrogens (tertiary/aromatic N) is 2. The van der Waals surface area contributed by atoms with Gasteiger partial charge in [0.2, 0.25) is 0 Å². The van der Waals surface area contributed by atoms with Crippen molar-refractivity contribution in [3.05, 3.63) is 16.5 Å². The van der Waals surface area contributed by atoms with Crippen molar-refractivity contribution in [2.75, 3.05) is 19.0 Å². The summed E-state index contributed by atoms with van der Waals surface area (Å²) >= 11 is 3.37. The molecular formula is C9H14BrN3O. The van der Waals surface area contributed by atoms with Gasteiger partial charge < -0.3 is 10.1 Å². The summed E-state index contributed by atoms with van der Waals surface area (Å²) in [5, 5.41) is 3.14. The fourth-order valence-corrected chi connectivity index (χ4v) is 1.30. The maximum Gasteiger partial charge on any atom is 0.159 e. The molecular weight excluding hydrogens is 246 g/mol. The Labute approximate surface area is 92.2 Å². The quantitative estimate of drug-likeness (QED) is 0.902. The van der Waals surface area contributed by atoms with Crippen molar-refractivity contribution in [2.24, 2.45) is 0 Å². The van der Waals surface area contributed by atoms with Crippen LogP contribution in [0.3, 0.4) is 0 Å². The molecule has 0 aromatic carbocycles. The molecule has 1 heterocycles. The number of hydrogen-bond acceptors (Lipinski definition) is 4. The van der Waals surface area contributed by atoms with E-state index in [4.69, 9.17) is 4.74 Å². The number of anilines is 1. The molecule has 5 heteroatoms. The topological polar surface area (TPSA) is 47.0 Å². The lowest BCUT2D eigenvalue weighted by atomic mass is 10.3. The maximum atomic E-state index is 5.14. The molecule has 0 radical (unpaired) electrons. The molecule has 0 aliphatic rings. The van der Waals surface area contributed by atoms with E-state index in [1.165, 1.54) is 0 Å². The number of hydrogen-bond donors (Lipinski definition) is 1. The summed E-state index contributed by atoms with van der Waals surface area (Å²) in [6.07, 6.45) is 1.65. The van der Waals surface area contributed by atoms with Crippen LogP contribution in [0, 0.1) is 0 Å². The lowest BCUT2D eigenvalue weighted by Gasteiger charge is -2.10. The van der Waals surface area contributed by atoms with E-state index in [9.17, 15) is 0 Å². The number of aromatic nitrogens is 2. The summed E-state index contributed by atoms with van der Waals surface area (Å²) in [7, 11) is 1.64. The summed E-state index contributed by atoms with van der Waals surface area (Å²) in [6.45, 7) is 4.77. The fourth-order valence-electron chi connectivity index (χ4n) is 0.973. The lowest BCUT2D eigenvalue weighted by molar-refractivity contribution is 0.112. The minimum absolute atomic E-state index is 0.0829. The molecule has 1 aromatic heterocycles. The highest BCUT2D eigenvalue weighted by molar-refractivity contribution is 9.10. The second-order valence-electron chi connectivity index (χ2n) is 2.83. The smallest absolute Gasteiger partial charge is 0.159 e. The molecule has 78 valence electrons. The van der Waals surface area contributed by atoms with Crippen LogP contribution in [0.1, 0.15) is 25.8 Å². The molecule has 14 heavy (non-hydrogen) atoms. The minimum atomic E-state index is -0.0829. The van der Waals surface area contributed by atoms with E-state index >= 15 is 0 Å². The van der Waals surface area contributed by atoms with Gasteiger partial charge in [-0.25, -0.2) is 9.97 Å². The van der Waals surface area contributed by atoms with Gasteiger partial charge >= 0.3 is 0 Å². The maximum absolute atomic E-state index is 5.14. The third-order valence-corrected chi connectivity index (χ3v) is 2.40. The summed E-state index contributed by atoms with van der Waals surface area (Å²) < 4.78 is 6.01. The van der Waals surface area contributed by atoms with Gasteiger partial charge in [-0.3, -0.25) is 0 Å². The molecule has 0 fully saturated rings. The molecule has 0 aliphatic heterocycles. The Morgan fingerprint density at radius 1 is 1.64 bits per heavy atom. The van der Waals surface area contributed by atoms with Crippen LogP contribution < -0.4 is 5.32 Å². The van der Waals surface area contributed by atoms with Crippen molar-refractivity contribution in [3.63, 3.8) is 0 Å². The highest BCUT2D eigenvalue weighted by atomic mass is 79.9. The van der Waals surface area contributed by atoms with Crippen LogP contribution in [0.25, 0.3) is 0 Å². The first-order valence-corrected chi connectivity index (χ1v) is 5.27. The Hall–Kier alpha value is -0.680. The molecule has 1 N–H and O–H groups in total. The normalized spacial score (nSPS) is 12.6. The summed E-state index contributed by atoms with van der Waals surface area (Å²) in [5.74, 6) is 1.49. The number of halogens is 1. The summed E-state index contributed by atoms with van der Waals surface area (Å²) in [4.78, 5) is 8.51. The first-order chi connectivity index (χ1) is 6.69. The molecule has 1 atom stereocenters. The van der Waals surface area contributed by atoms with E-state index < -0.39 is 0 Å². The van der Waals surface area contributed by atoms with Crippen LogP contribution in [0.15, 0.2) is 10.7 Å². The SMILES string of the molecule is CCNc1nc(C(C)OC)ncc1Br. The van der Waals surface area contributed by atoms with Gasteiger partial charge in [0, 0.05) is 19.9 Å². The molecule has 0 spiro atoms.